The van der Waals surface area contributed by atoms with Gasteiger partial charge >= 0.3 is 0 Å². The summed E-state index contributed by atoms with van der Waals surface area (Å²) >= 11 is 2.33. The molecule has 0 heterocycles. The number of methoxy groups -OCH3 is 1. The molecular formula is C11H14INO. The molecule has 2 rings (SSSR count). The SMILES string of the molecule is COc1ccc(NCC2CC2)c(I)c1. The van der Waals surface area contributed by atoms with E-state index in [0.717, 1.165) is 18.2 Å². The van der Waals surface area contributed by atoms with Crippen LogP contribution in [0.3, 0.4) is 0 Å². The maximum absolute atomic E-state index is 5.16. The smallest absolute Gasteiger partial charge is 0.120 e. The second-order valence-corrected chi connectivity index (χ2v) is 4.83. The highest BCUT2D eigenvalue weighted by atomic mass is 127. The van der Waals surface area contributed by atoms with Gasteiger partial charge in [0.2, 0.25) is 0 Å². The number of benzene rings is 1. The number of hydrogen-bond acceptors (Lipinski definition) is 2. The zero-order valence-electron chi connectivity index (χ0n) is 8.22. The highest BCUT2D eigenvalue weighted by Crippen LogP contribution is 2.30. The average Bonchev–Trinajstić information content (AvgIpc) is 2.99. The molecule has 0 unspecified atom stereocenters. The molecule has 1 aromatic rings. The van der Waals surface area contributed by atoms with Gasteiger partial charge in [-0.05, 0) is 59.5 Å². The Morgan fingerprint density at radius 1 is 1.50 bits per heavy atom. The summed E-state index contributed by atoms with van der Waals surface area (Å²) in [6.45, 7) is 1.11. The lowest BCUT2D eigenvalue weighted by Crippen LogP contribution is -2.04. The summed E-state index contributed by atoms with van der Waals surface area (Å²) in [6.07, 6.45) is 2.78. The number of rotatable bonds is 4. The van der Waals surface area contributed by atoms with Gasteiger partial charge in [-0.3, -0.25) is 0 Å². The minimum Gasteiger partial charge on any atom is -0.497 e. The fourth-order valence-electron chi connectivity index (χ4n) is 1.34. The van der Waals surface area contributed by atoms with Crippen molar-refractivity contribution in [1.29, 1.82) is 0 Å². The van der Waals surface area contributed by atoms with Crippen LogP contribution in [-0.4, -0.2) is 13.7 Å². The van der Waals surface area contributed by atoms with Crippen LogP contribution in [0.4, 0.5) is 5.69 Å². The molecule has 3 heteroatoms. The molecule has 0 aliphatic heterocycles. The van der Waals surface area contributed by atoms with Crippen molar-refractivity contribution >= 4 is 28.3 Å². The van der Waals surface area contributed by atoms with E-state index in [9.17, 15) is 0 Å². The maximum Gasteiger partial charge on any atom is 0.120 e. The lowest BCUT2D eigenvalue weighted by molar-refractivity contribution is 0.414. The lowest BCUT2D eigenvalue weighted by atomic mass is 10.3. The normalized spacial score (nSPS) is 15.3. The van der Waals surface area contributed by atoms with Crippen molar-refractivity contribution in [2.24, 2.45) is 5.92 Å². The summed E-state index contributed by atoms with van der Waals surface area (Å²) in [6, 6.07) is 6.14. The Kier molecular flexibility index (Phi) is 3.15. The van der Waals surface area contributed by atoms with Gasteiger partial charge in [-0.1, -0.05) is 0 Å². The molecule has 0 amide bonds. The first-order valence-electron chi connectivity index (χ1n) is 4.87. The Morgan fingerprint density at radius 3 is 2.86 bits per heavy atom. The highest BCUT2D eigenvalue weighted by Gasteiger charge is 2.20. The lowest BCUT2D eigenvalue weighted by Gasteiger charge is -2.09. The molecular weight excluding hydrogens is 289 g/mol. The van der Waals surface area contributed by atoms with Gasteiger partial charge in [0.05, 0.1) is 7.11 Å². The van der Waals surface area contributed by atoms with Crippen LogP contribution in [0.15, 0.2) is 18.2 Å². The summed E-state index contributed by atoms with van der Waals surface area (Å²) in [5.74, 6) is 1.83. The molecule has 0 radical (unpaired) electrons. The van der Waals surface area contributed by atoms with Crippen molar-refractivity contribution in [3.8, 4) is 5.75 Å². The first-order chi connectivity index (χ1) is 6.79. The zero-order chi connectivity index (χ0) is 9.97. The molecule has 76 valence electrons. The largest absolute Gasteiger partial charge is 0.497 e. The molecule has 0 saturated heterocycles. The van der Waals surface area contributed by atoms with E-state index in [1.54, 1.807) is 7.11 Å². The Hall–Kier alpha value is -0.450. The molecule has 1 saturated carbocycles. The molecule has 1 aliphatic carbocycles. The summed E-state index contributed by atoms with van der Waals surface area (Å²) in [5, 5.41) is 3.46. The third-order valence-electron chi connectivity index (χ3n) is 2.45. The van der Waals surface area contributed by atoms with Gasteiger partial charge in [0.1, 0.15) is 5.75 Å². The van der Waals surface area contributed by atoms with Gasteiger partial charge in [-0.2, -0.15) is 0 Å². The van der Waals surface area contributed by atoms with Crippen LogP contribution in [0.5, 0.6) is 5.75 Å². The second kappa shape index (κ2) is 4.38. The maximum atomic E-state index is 5.16. The number of ether oxygens (including phenoxy) is 1. The standard InChI is InChI=1S/C11H14INO/c1-14-9-4-5-11(10(12)6-9)13-7-8-2-3-8/h4-6,8,13H,2-3,7H2,1H3. The van der Waals surface area contributed by atoms with E-state index in [1.807, 2.05) is 6.07 Å². The molecule has 0 aromatic heterocycles. The summed E-state index contributed by atoms with van der Waals surface area (Å²) < 4.78 is 6.38. The molecule has 2 nitrogen and oxygen atoms in total. The molecule has 0 spiro atoms. The first kappa shape index (κ1) is 10.1. The molecule has 1 fully saturated rings. The van der Waals surface area contributed by atoms with Gasteiger partial charge < -0.3 is 10.1 Å². The van der Waals surface area contributed by atoms with Crippen LogP contribution in [-0.2, 0) is 0 Å². The molecule has 0 bridgehead atoms. The molecule has 1 N–H and O–H groups in total. The zero-order valence-corrected chi connectivity index (χ0v) is 10.4. The van der Waals surface area contributed by atoms with E-state index in [1.165, 1.54) is 22.1 Å². The number of anilines is 1. The quantitative estimate of drug-likeness (QED) is 0.863. The minimum absolute atomic E-state index is 0.910. The summed E-state index contributed by atoms with van der Waals surface area (Å²) in [5.41, 5.74) is 1.22. The monoisotopic (exact) mass is 303 g/mol. The topological polar surface area (TPSA) is 21.3 Å². The first-order valence-corrected chi connectivity index (χ1v) is 5.95. The Bertz CT molecular complexity index is 323. The second-order valence-electron chi connectivity index (χ2n) is 3.67. The predicted molar refractivity (Wildman–Crippen MR) is 66.9 cm³/mol. The van der Waals surface area contributed by atoms with Crippen LogP contribution >= 0.6 is 22.6 Å². The van der Waals surface area contributed by atoms with Crippen molar-refractivity contribution in [2.45, 2.75) is 12.8 Å². The third-order valence-corrected chi connectivity index (χ3v) is 3.35. The van der Waals surface area contributed by atoms with E-state index in [2.05, 4.69) is 40.0 Å². The Labute approximate surface area is 98.2 Å². The van der Waals surface area contributed by atoms with Crippen LogP contribution in [0.1, 0.15) is 12.8 Å². The van der Waals surface area contributed by atoms with Gasteiger partial charge in [0.25, 0.3) is 0 Å². The fraction of sp³-hybridized carbons (Fsp3) is 0.455. The van der Waals surface area contributed by atoms with Crippen LogP contribution in [0, 0.1) is 9.49 Å². The van der Waals surface area contributed by atoms with Crippen molar-refractivity contribution in [1.82, 2.24) is 0 Å². The van der Waals surface area contributed by atoms with E-state index in [-0.39, 0.29) is 0 Å². The minimum atomic E-state index is 0.910. The van der Waals surface area contributed by atoms with Gasteiger partial charge in [-0.25, -0.2) is 0 Å². The number of halogens is 1. The Balaban J connectivity index is 2.01. The molecule has 1 aliphatic rings. The van der Waals surface area contributed by atoms with Gasteiger partial charge in [0.15, 0.2) is 0 Å². The predicted octanol–water partition coefficient (Wildman–Crippen LogP) is 3.12. The number of nitrogens with one attached hydrogen (secondary N) is 1. The van der Waals surface area contributed by atoms with Crippen LogP contribution in [0.2, 0.25) is 0 Å². The summed E-state index contributed by atoms with van der Waals surface area (Å²) in [4.78, 5) is 0. The van der Waals surface area contributed by atoms with E-state index < -0.39 is 0 Å². The molecule has 0 atom stereocenters. The van der Waals surface area contributed by atoms with Crippen molar-refractivity contribution in [3.63, 3.8) is 0 Å². The van der Waals surface area contributed by atoms with Crippen LogP contribution < -0.4 is 10.1 Å². The van der Waals surface area contributed by atoms with E-state index in [4.69, 9.17) is 4.74 Å². The van der Waals surface area contributed by atoms with Gasteiger partial charge in [-0.15, -0.1) is 0 Å². The Morgan fingerprint density at radius 2 is 2.29 bits per heavy atom. The molecule has 1 aromatic carbocycles. The highest BCUT2D eigenvalue weighted by molar-refractivity contribution is 14.1. The third kappa shape index (κ3) is 2.53. The van der Waals surface area contributed by atoms with E-state index in [0.29, 0.717) is 0 Å². The summed E-state index contributed by atoms with van der Waals surface area (Å²) in [7, 11) is 1.70. The fourth-order valence-corrected chi connectivity index (χ4v) is 2.02. The average molecular weight is 303 g/mol. The van der Waals surface area contributed by atoms with E-state index >= 15 is 0 Å². The van der Waals surface area contributed by atoms with Crippen molar-refractivity contribution in [3.05, 3.63) is 21.8 Å². The van der Waals surface area contributed by atoms with Crippen LogP contribution in [0.25, 0.3) is 0 Å². The molecule has 14 heavy (non-hydrogen) atoms. The van der Waals surface area contributed by atoms with Gasteiger partial charge in [0, 0.05) is 15.8 Å². The van der Waals surface area contributed by atoms with Crippen molar-refractivity contribution in [2.75, 3.05) is 19.0 Å². The number of hydrogen-bond donors (Lipinski definition) is 1. The van der Waals surface area contributed by atoms with Crippen molar-refractivity contribution < 1.29 is 4.74 Å².